The first-order valence-electron chi connectivity index (χ1n) is 7.16. The van der Waals surface area contributed by atoms with E-state index in [9.17, 15) is 0 Å². The van der Waals surface area contributed by atoms with Gasteiger partial charge in [0.2, 0.25) is 0 Å². The molecule has 0 aliphatic carbocycles. The van der Waals surface area contributed by atoms with Gasteiger partial charge in [-0.15, -0.1) is 0 Å². The summed E-state index contributed by atoms with van der Waals surface area (Å²) >= 11 is 0. The molecular formula is C18H22N2O. The Morgan fingerprint density at radius 1 is 1.10 bits per heavy atom. The quantitative estimate of drug-likeness (QED) is 0.624. The Kier molecular flexibility index (Phi) is 4.99. The highest BCUT2D eigenvalue weighted by molar-refractivity contribution is 6.00. The van der Waals surface area contributed by atoms with Crippen molar-refractivity contribution in [3.63, 3.8) is 0 Å². The number of nitrogens with zero attached hydrogens (tertiary/aromatic N) is 2. The molecule has 21 heavy (non-hydrogen) atoms. The number of benzene rings is 2. The van der Waals surface area contributed by atoms with Gasteiger partial charge in [-0.25, -0.2) is 4.99 Å². The van der Waals surface area contributed by atoms with Gasteiger partial charge in [0.1, 0.15) is 11.6 Å². The molecule has 0 fully saturated rings. The average molecular weight is 282 g/mol. The Hall–Kier alpha value is -2.29. The normalized spacial score (nSPS) is 11.3. The van der Waals surface area contributed by atoms with Crippen LogP contribution in [0.1, 0.15) is 18.1 Å². The molecule has 0 atom stereocenters. The van der Waals surface area contributed by atoms with Gasteiger partial charge in [-0.2, -0.15) is 0 Å². The Balaban J connectivity index is 2.37. The molecule has 3 nitrogen and oxygen atoms in total. The molecule has 0 amide bonds. The minimum atomic E-state index is 0.658. The fraction of sp³-hybridized carbons (Fsp3) is 0.278. The molecule has 0 saturated carbocycles. The third-order valence-corrected chi connectivity index (χ3v) is 3.10. The third-order valence-electron chi connectivity index (χ3n) is 3.10. The fourth-order valence-electron chi connectivity index (χ4n) is 2.06. The second-order valence-corrected chi connectivity index (χ2v) is 5.13. The van der Waals surface area contributed by atoms with Gasteiger partial charge in [-0.1, -0.05) is 35.9 Å². The molecule has 3 heteroatoms. The lowest BCUT2D eigenvalue weighted by Crippen LogP contribution is -2.22. The van der Waals surface area contributed by atoms with Gasteiger partial charge in [0, 0.05) is 25.7 Å². The summed E-state index contributed by atoms with van der Waals surface area (Å²) in [6.07, 6.45) is 0. The smallest absolute Gasteiger partial charge is 0.136 e. The van der Waals surface area contributed by atoms with Crippen molar-refractivity contribution in [2.24, 2.45) is 4.99 Å². The van der Waals surface area contributed by atoms with E-state index in [1.807, 2.05) is 50.2 Å². The van der Waals surface area contributed by atoms with Gasteiger partial charge in [0.15, 0.2) is 0 Å². The van der Waals surface area contributed by atoms with Crippen LogP contribution in [0, 0.1) is 6.92 Å². The molecule has 2 aromatic rings. The zero-order valence-electron chi connectivity index (χ0n) is 13.1. The summed E-state index contributed by atoms with van der Waals surface area (Å²) in [6, 6.07) is 16.3. The zero-order valence-corrected chi connectivity index (χ0v) is 13.1. The Labute approximate surface area is 126 Å². The van der Waals surface area contributed by atoms with E-state index >= 15 is 0 Å². The SMILES string of the molecule is CCOc1cccc(N=C(c2ccc(C)cc2)N(C)C)c1. The number of hydrogen-bond donors (Lipinski definition) is 0. The number of rotatable bonds is 4. The molecule has 2 aromatic carbocycles. The summed E-state index contributed by atoms with van der Waals surface area (Å²) in [5.74, 6) is 1.78. The van der Waals surface area contributed by atoms with Crippen LogP contribution in [0.25, 0.3) is 0 Å². The van der Waals surface area contributed by atoms with E-state index < -0.39 is 0 Å². The summed E-state index contributed by atoms with van der Waals surface area (Å²) in [5, 5.41) is 0. The van der Waals surface area contributed by atoms with Crippen LogP contribution in [0.3, 0.4) is 0 Å². The van der Waals surface area contributed by atoms with Gasteiger partial charge < -0.3 is 9.64 Å². The Morgan fingerprint density at radius 2 is 1.81 bits per heavy atom. The summed E-state index contributed by atoms with van der Waals surface area (Å²) < 4.78 is 5.53. The molecule has 0 bridgehead atoms. The molecule has 0 N–H and O–H groups in total. The van der Waals surface area contributed by atoms with Crippen LogP contribution in [-0.2, 0) is 0 Å². The predicted molar refractivity (Wildman–Crippen MR) is 88.7 cm³/mol. The van der Waals surface area contributed by atoms with E-state index in [2.05, 4.69) is 31.2 Å². The molecule has 0 aromatic heterocycles. The molecule has 0 aliphatic heterocycles. The highest BCUT2D eigenvalue weighted by atomic mass is 16.5. The molecule has 0 heterocycles. The largest absolute Gasteiger partial charge is 0.494 e. The van der Waals surface area contributed by atoms with Crippen LogP contribution < -0.4 is 4.74 Å². The molecular weight excluding hydrogens is 260 g/mol. The van der Waals surface area contributed by atoms with Gasteiger partial charge in [-0.05, 0) is 26.0 Å². The number of ether oxygens (including phenoxy) is 1. The van der Waals surface area contributed by atoms with Crippen LogP contribution in [0.2, 0.25) is 0 Å². The lowest BCUT2D eigenvalue weighted by molar-refractivity contribution is 0.340. The maximum atomic E-state index is 5.53. The first-order chi connectivity index (χ1) is 10.1. The third kappa shape index (κ3) is 4.09. The van der Waals surface area contributed by atoms with E-state index in [0.29, 0.717) is 6.61 Å². The van der Waals surface area contributed by atoms with E-state index in [4.69, 9.17) is 9.73 Å². The summed E-state index contributed by atoms with van der Waals surface area (Å²) in [7, 11) is 4.01. The van der Waals surface area contributed by atoms with Crippen molar-refractivity contribution in [3.8, 4) is 5.75 Å². The molecule has 110 valence electrons. The lowest BCUT2D eigenvalue weighted by atomic mass is 10.1. The highest BCUT2D eigenvalue weighted by Crippen LogP contribution is 2.21. The van der Waals surface area contributed by atoms with Crippen molar-refractivity contribution in [3.05, 3.63) is 59.7 Å². The average Bonchev–Trinajstić information content (AvgIpc) is 2.46. The number of hydrogen-bond acceptors (Lipinski definition) is 2. The topological polar surface area (TPSA) is 24.8 Å². The number of amidine groups is 1. The molecule has 0 saturated heterocycles. The second-order valence-electron chi connectivity index (χ2n) is 5.13. The van der Waals surface area contributed by atoms with Crippen LogP contribution in [-0.4, -0.2) is 31.4 Å². The van der Waals surface area contributed by atoms with Gasteiger partial charge in [0.25, 0.3) is 0 Å². The Bertz CT molecular complexity index is 615. The fourth-order valence-corrected chi connectivity index (χ4v) is 2.06. The van der Waals surface area contributed by atoms with Crippen molar-refractivity contribution in [1.29, 1.82) is 0 Å². The first kappa shape index (κ1) is 15.1. The van der Waals surface area contributed by atoms with Crippen molar-refractivity contribution in [1.82, 2.24) is 4.90 Å². The maximum absolute atomic E-state index is 5.53. The molecule has 2 rings (SSSR count). The Morgan fingerprint density at radius 3 is 2.43 bits per heavy atom. The van der Waals surface area contributed by atoms with E-state index in [1.165, 1.54) is 5.56 Å². The molecule has 0 radical (unpaired) electrons. The van der Waals surface area contributed by atoms with Gasteiger partial charge >= 0.3 is 0 Å². The van der Waals surface area contributed by atoms with Crippen molar-refractivity contribution in [2.45, 2.75) is 13.8 Å². The monoisotopic (exact) mass is 282 g/mol. The first-order valence-corrected chi connectivity index (χ1v) is 7.16. The number of aliphatic imine (C=N–C) groups is 1. The summed E-state index contributed by atoms with van der Waals surface area (Å²) in [6.45, 7) is 4.72. The molecule has 0 aliphatic rings. The molecule has 0 unspecified atom stereocenters. The standard InChI is InChI=1S/C18H22N2O/c1-5-21-17-8-6-7-16(13-17)19-18(20(3)4)15-11-9-14(2)10-12-15/h6-13H,5H2,1-4H3. The zero-order chi connectivity index (χ0) is 15.2. The minimum absolute atomic E-state index is 0.658. The maximum Gasteiger partial charge on any atom is 0.136 e. The van der Waals surface area contributed by atoms with E-state index in [-0.39, 0.29) is 0 Å². The lowest BCUT2D eigenvalue weighted by Gasteiger charge is -2.16. The van der Waals surface area contributed by atoms with Crippen molar-refractivity contribution < 1.29 is 4.74 Å². The summed E-state index contributed by atoms with van der Waals surface area (Å²) in [5.41, 5.74) is 3.24. The predicted octanol–water partition coefficient (Wildman–Crippen LogP) is 4.03. The van der Waals surface area contributed by atoms with Crippen LogP contribution in [0.15, 0.2) is 53.5 Å². The van der Waals surface area contributed by atoms with Gasteiger partial charge in [-0.3, -0.25) is 0 Å². The van der Waals surface area contributed by atoms with E-state index in [0.717, 1.165) is 22.8 Å². The minimum Gasteiger partial charge on any atom is -0.494 e. The van der Waals surface area contributed by atoms with E-state index in [1.54, 1.807) is 0 Å². The van der Waals surface area contributed by atoms with Crippen molar-refractivity contribution in [2.75, 3.05) is 20.7 Å². The van der Waals surface area contributed by atoms with Crippen LogP contribution in [0.4, 0.5) is 5.69 Å². The van der Waals surface area contributed by atoms with Crippen LogP contribution in [0.5, 0.6) is 5.75 Å². The second kappa shape index (κ2) is 6.93. The van der Waals surface area contributed by atoms with Gasteiger partial charge in [0.05, 0.1) is 12.3 Å². The molecule has 0 spiro atoms. The number of aryl methyl sites for hydroxylation is 1. The van der Waals surface area contributed by atoms with Crippen molar-refractivity contribution >= 4 is 11.5 Å². The van der Waals surface area contributed by atoms with Crippen LogP contribution >= 0.6 is 0 Å². The summed E-state index contributed by atoms with van der Waals surface area (Å²) in [4.78, 5) is 6.79. The highest BCUT2D eigenvalue weighted by Gasteiger charge is 2.06.